The number of nitrogens with one attached hydrogen (secondary N) is 1. The molecule has 3 aromatic rings. The Labute approximate surface area is 146 Å². The van der Waals surface area contributed by atoms with Gasteiger partial charge < -0.3 is 10.1 Å². The van der Waals surface area contributed by atoms with Gasteiger partial charge in [-0.25, -0.2) is 9.50 Å². The summed E-state index contributed by atoms with van der Waals surface area (Å²) in [6.45, 7) is 4.23. The fourth-order valence-corrected chi connectivity index (χ4v) is 2.70. The Morgan fingerprint density at radius 2 is 2.00 bits per heavy atom. The van der Waals surface area contributed by atoms with Gasteiger partial charge >= 0.3 is 0 Å². The number of methoxy groups -OCH3 is 1. The van der Waals surface area contributed by atoms with Gasteiger partial charge in [-0.15, -0.1) is 5.10 Å². The van der Waals surface area contributed by atoms with Crippen LogP contribution in [0.1, 0.15) is 28.9 Å². The summed E-state index contributed by atoms with van der Waals surface area (Å²) in [5.41, 5.74) is 2.83. The highest BCUT2D eigenvalue weighted by molar-refractivity contribution is 5.77. The molecule has 0 saturated heterocycles. The third-order valence-corrected chi connectivity index (χ3v) is 3.92. The van der Waals surface area contributed by atoms with E-state index in [0.717, 1.165) is 17.0 Å². The number of carbonyl (C=O) groups excluding carboxylic acids is 1. The van der Waals surface area contributed by atoms with Gasteiger partial charge in [-0.2, -0.15) is 4.98 Å². The number of amides is 1. The van der Waals surface area contributed by atoms with Gasteiger partial charge in [0.2, 0.25) is 5.91 Å². The predicted octanol–water partition coefficient (Wildman–Crippen LogP) is 1.79. The fourth-order valence-electron chi connectivity index (χ4n) is 2.70. The molecule has 0 spiro atoms. The summed E-state index contributed by atoms with van der Waals surface area (Å²) in [5, 5.41) is 7.23. The summed E-state index contributed by atoms with van der Waals surface area (Å²) in [7, 11) is 1.63. The standard InChI is InChI=1S/C18H21N5O2/c1-12-9-13(2)23-18(20-12)21-16(22-23)10-17(24)19-11-15(25-3)14-7-5-4-6-8-14/h4-9,15H,10-11H2,1-3H3,(H,19,24). The van der Waals surface area contributed by atoms with Crippen molar-refractivity contribution in [1.29, 1.82) is 0 Å². The van der Waals surface area contributed by atoms with Crippen LogP contribution >= 0.6 is 0 Å². The van der Waals surface area contributed by atoms with Crippen LogP contribution in [0.3, 0.4) is 0 Å². The van der Waals surface area contributed by atoms with E-state index in [1.807, 2.05) is 50.2 Å². The van der Waals surface area contributed by atoms with E-state index >= 15 is 0 Å². The van der Waals surface area contributed by atoms with Crippen LogP contribution in [0.25, 0.3) is 5.78 Å². The van der Waals surface area contributed by atoms with Crippen molar-refractivity contribution in [1.82, 2.24) is 24.9 Å². The maximum atomic E-state index is 12.2. The number of hydrogen-bond donors (Lipinski definition) is 1. The Morgan fingerprint density at radius 1 is 1.24 bits per heavy atom. The van der Waals surface area contributed by atoms with Crippen LogP contribution in [-0.4, -0.2) is 39.1 Å². The van der Waals surface area contributed by atoms with Gasteiger partial charge in [0, 0.05) is 25.0 Å². The number of nitrogens with zero attached hydrogens (tertiary/aromatic N) is 4. The van der Waals surface area contributed by atoms with Crippen LogP contribution in [0.2, 0.25) is 0 Å². The smallest absolute Gasteiger partial charge is 0.252 e. The lowest BCUT2D eigenvalue weighted by Crippen LogP contribution is -2.30. The molecular formula is C18H21N5O2. The molecule has 7 heteroatoms. The molecule has 25 heavy (non-hydrogen) atoms. The minimum atomic E-state index is -0.189. The molecule has 0 aliphatic carbocycles. The van der Waals surface area contributed by atoms with E-state index in [-0.39, 0.29) is 18.4 Å². The first kappa shape index (κ1) is 17.0. The Bertz CT molecular complexity index is 876. The van der Waals surface area contributed by atoms with Crippen LogP contribution < -0.4 is 5.32 Å². The number of carbonyl (C=O) groups is 1. The third-order valence-electron chi connectivity index (χ3n) is 3.92. The van der Waals surface area contributed by atoms with E-state index in [0.29, 0.717) is 18.1 Å². The normalized spacial score (nSPS) is 12.3. The number of fused-ring (bicyclic) bond motifs is 1. The number of aromatic nitrogens is 4. The summed E-state index contributed by atoms with van der Waals surface area (Å²) in [6, 6.07) is 11.7. The monoisotopic (exact) mass is 339 g/mol. The molecule has 0 bridgehead atoms. The molecule has 0 saturated carbocycles. The van der Waals surface area contributed by atoms with Crippen molar-refractivity contribution in [2.75, 3.05) is 13.7 Å². The average molecular weight is 339 g/mol. The molecule has 0 aliphatic rings. The lowest BCUT2D eigenvalue weighted by molar-refractivity contribution is -0.121. The summed E-state index contributed by atoms with van der Waals surface area (Å²) in [5.74, 6) is 0.815. The first-order chi connectivity index (χ1) is 12.1. The van der Waals surface area contributed by atoms with E-state index in [9.17, 15) is 4.79 Å². The van der Waals surface area contributed by atoms with Crippen LogP contribution in [0.5, 0.6) is 0 Å². The highest BCUT2D eigenvalue weighted by Crippen LogP contribution is 2.14. The van der Waals surface area contributed by atoms with Gasteiger partial charge in [0.05, 0.1) is 12.5 Å². The van der Waals surface area contributed by atoms with Crippen molar-refractivity contribution >= 4 is 11.7 Å². The molecule has 130 valence electrons. The Kier molecular flexibility index (Phi) is 5.04. The summed E-state index contributed by atoms with van der Waals surface area (Å²) >= 11 is 0. The second kappa shape index (κ2) is 7.40. The van der Waals surface area contributed by atoms with Crippen molar-refractivity contribution in [3.8, 4) is 0 Å². The maximum absolute atomic E-state index is 12.2. The SMILES string of the molecule is COC(CNC(=O)Cc1nc2nc(C)cc(C)n2n1)c1ccccc1. The van der Waals surface area contributed by atoms with Crippen LogP contribution in [0.15, 0.2) is 36.4 Å². The van der Waals surface area contributed by atoms with Crippen molar-refractivity contribution in [2.24, 2.45) is 0 Å². The van der Waals surface area contributed by atoms with Gasteiger partial charge in [0.1, 0.15) is 0 Å². The van der Waals surface area contributed by atoms with Crippen molar-refractivity contribution in [3.63, 3.8) is 0 Å². The third kappa shape index (κ3) is 4.00. The predicted molar refractivity (Wildman–Crippen MR) is 93.2 cm³/mol. The summed E-state index contributed by atoms with van der Waals surface area (Å²) in [6.07, 6.45) is -0.0849. The second-order valence-corrected chi connectivity index (χ2v) is 5.89. The molecule has 2 heterocycles. The van der Waals surface area contributed by atoms with Gasteiger partial charge in [0.25, 0.3) is 5.78 Å². The molecule has 2 aromatic heterocycles. The molecule has 1 amide bonds. The zero-order valence-corrected chi connectivity index (χ0v) is 14.6. The molecule has 1 atom stereocenters. The van der Waals surface area contributed by atoms with Gasteiger partial charge in [-0.3, -0.25) is 4.79 Å². The minimum Gasteiger partial charge on any atom is -0.375 e. The topological polar surface area (TPSA) is 81.4 Å². The molecular weight excluding hydrogens is 318 g/mol. The van der Waals surface area contributed by atoms with E-state index in [1.165, 1.54) is 0 Å². The molecule has 1 aromatic carbocycles. The zero-order chi connectivity index (χ0) is 17.8. The van der Waals surface area contributed by atoms with Crippen LogP contribution in [-0.2, 0) is 16.0 Å². The second-order valence-electron chi connectivity index (χ2n) is 5.89. The molecule has 0 aliphatic heterocycles. The lowest BCUT2D eigenvalue weighted by atomic mass is 10.1. The Hall–Kier alpha value is -2.80. The minimum absolute atomic E-state index is 0.104. The Balaban J connectivity index is 1.63. The highest BCUT2D eigenvalue weighted by Gasteiger charge is 2.14. The molecule has 3 rings (SSSR count). The summed E-state index contributed by atoms with van der Waals surface area (Å²) < 4.78 is 7.10. The number of hydrogen-bond acceptors (Lipinski definition) is 5. The van der Waals surface area contributed by atoms with Crippen molar-refractivity contribution in [2.45, 2.75) is 26.4 Å². The van der Waals surface area contributed by atoms with Crippen molar-refractivity contribution < 1.29 is 9.53 Å². The molecule has 1 unspecified atom stereocenters. The van der Waals surface area contributed by atoms with E-state index < -0.39 is 0 Å². The number of aryl methyl sites for hydroxylation is 2. The average Bonchev–Trinajstić information content (AvgIpc) is 2.99. The van der Waals surface area contributed by atoms with E-state index in [1.54, 1.807) is 11.6 Å². The van der Waals surface area contributed by atoms with E-state index in [2.05, 4.69) is 20.4 Å². The van der Waals surface area contributed by atoms with E-state index in [4.69, 9.17) is 4.74 Å². The number of benzene rings is 1. The highest BCUT2D eigenvalue weighted by atomic mass is 16.5. The quantitative estimate of drug-likeness (QED) is 0.740. The van der Waals surface area contributed by atoms with Crippen molar-refractivity contribution in [3.05, 3.63) is 59.2 Å². The Morgan fingerprint density at radius 3 is 2.72 bits per heavy atom. The van der Waals surface area contributed by atoms with Gasteiger partial charge in [0.15, 0.2) is 5.82 Å². The molecule has 0 fully saturated rings. The van der Waals surface area contributed by atoms with Crippen LogP contribution in [0, 0.1) is 13.8 Å². The molecule has 0 radical (unpaired) electrons. The molecule has 7 nitrogen and oxygen atoms in total. The largest absolute Gasteiger partial charge is 0.375 e. The fraction of sp³-hybridized carbons (Fsp3) is 0.333. The van der Waals surface area contributed by atoms with Gasteiger partial charge in [-0.05, 0) is 25.5 Å². The van der Waals surface area contributed by atoms with Gasteiger partial charge in [-0.1, -0.05) is 30.3 Å². The van der Waals surface area contributed by atoms with Crippen LogP contribution in [0.4, 0.5) is 0 Å². The summed E-state index contributed by atoms with van der Waals surface area (Å²) in [4.78, 5) is 20.9. The maximum Gasteiger partial charge on any atom is 0.252 e. The number of rotatable bonds is 6. The molecule has 1 N–H and O–H groups in total. The lowest BCUT2D eigenvalue weighted by Gasteiger charge is -2.16. The first-order valence-electron chi connectivity index (χ1n) is 8.11. The first-order valence-corrected chi connectivity index (χ1v) is 8.11. The zero-order valence-electron chi connectivity index (χ0n) is 14.6. The number of ether oxygens (including phenoxy) is 1.